The van der Waals surface area contributed by atoms with Crippen LogP contribution in [0.1, 0.15) is 23.9 Å². The summed E-state index contributed by atoms with van der Waals surface area (Å²) in [7, 11) is 0. The summed E-state index contributed by atoms with van der Waals surface area (Å²) < 4.78 is 5.54. The van der Waals surface area contributed by atoms with Crippen molar-refractivity contribution in [3.05, 3.63) is 35.9 Å². The third kappa shape index (κ3) is 2.68. The molecule has 1 aliphatic heterocycles. The number of benzene rings is 1. The SMILES string of the molecule is Oc1ccc2c(c1)OCC2NCCCc1ncn[nH]1. The lowest BCUT2D eigenvalue weighted by molar-refractivity contribution is 0.310. The Hall–Kier alpha value is -2.08. The molecule has 0 fully saturated rings. The highest BCUT2D eigenvalue weighted by atomic mass is 16.5. The van der Waals surface area contributed by atoms with Crippen LogP contribution < -0.4 is 10.1 Å². The molecule has 0 bridgehead atoms. The summed E-state index contributed by atoms with van der Waals surface area (Å²) in [5.41, 5.74) is 1.11. The molecule has 0 aliphatic carbocycles. The summed E-state index contributed by atoms with van der Waals surface area (Å²) in [4.78, 5) is 4.08. The van der Waals surface area contributed by atoms with Gasteiger partial charge in [-0.3, -0.25) is 5.10 Å². The molecule has 3 N–H and O–H groups in total. The van der Waals surface area contributed by atoms with E-state index in [1.54, 1.807) is 12.1 Å². The smallest absolute Gasteiger partial charge is 0.137 e. The number of H-pyrrole nitrogens is 1. The Morgan fingerprint density at radius 3 is 3.26 bits per heavy atom. The molecule has 6 nitrogen and oxygen atoms in total. The van der Waals surface area contributed by atoms with Crippen LogP contribution in [0.15, 0.2) is 24.5 Å². The van der Waals surface area contributed by atoms with Crippen molar-refractivity contribution in [2.24, 2.45) is 0 Å². The Kier molecular flexibility index (Phi) is 3.33. The predicted molar refractivity (Wildman–Crippen MR) is 69.0 cm³/mol. The van der Waals surface area contributed by atoms with Gasteiger partial charge in [-0.25, -0.2) is 4.98 Å². The monoisotopic (exact) mass is 260 g/mol. The van der Waals surface area contributed by atoms with Gasteiger partial charge < -0.3 is 15.2 Å². The number of aromatic nitrogens is 3. The highest BCUT2D eigenvalue weighted by Crippen LogP contribution is 2.34. The summed E-state index contributed by atoms with van der Waals surface area (Å²) in [6.07, 6.45) is 3.39. The van der Waals surface area contributed by atoms with E-state index < -0.39 is 0 Å². The number of phenolic OH excluding ortho intramolecular Hbond substituents is 1. The van der Waals surface area contributed by atoms with Gasteiger partial charge in [0.15, 0.2) is 0 Å². The van der Waals surface area contributed by atoms with Gasteiger partial charge in [0.1, 0.15) is 30.3 Å². The Morgan fingerprint density at radius 2 is 2.42 bits per heavy atom. The molecule has 19 heavy (non-hydrogen) atoms. The second kappa shape index (κ2) is 5.27. The van der Waals surface area contributed by atoms with Crippen molar-refractivity contribution < 1.29 is 9.84 Å². The maximum atomic E-state index is 9.39. The number of aromatic amines is 1. The van der Waals surface area contributed by atoms with E-state index in [-0.39, 0.29) is 11.8 Å². The molecule has 1 aliphatic rings. The summed E-state index contributed by atoms with van der Waals surface area (Å²) in [5, 5.41) is 19.5. The van der Waals surface area contributed by atoms with Gasteiger partial charge in [0.2, 0.25) is 0 Å². The molecule has 0 saturated heterocycles. The minimum Gasteiger partial charge on any atom is -0.508 e. The van der Waals surface area contributed by atoms with Gasteiger partial charge in [-0.2, -0.15) is 5.10 Å². The first-order chi connectivity index (χ1) is 9.33. The van der Waals surface area contributed by atoms with Crippen LogP contribution in [0.5, 0.6) is 11.5 Å². The Morgan fingerprint density at radius 1 is 1.47 bits per heavy atom. The topological polar surface area (TPSA) is 83.1 Å². The van der Waals surface area contributed by atoms with Crippen LogP contribution >= 0.6 is 0 Å². The van der Waals surface area contributed by atoms with Gasteiger partial charge in [-0.1, -0.05) is 0 Å². The quantitative estimate of drug-likeness (QED) is 0.703. The maximum Gasteiger partial charge on any atom is 0.137 e. The third-order valence-corrected chi connectivity index (χ3v) is 3.22. The normalized spacial score (nSPS) is 17.2. The highest BCUT2D eigenvalue weighted by molar-refractivity contribution is 5.44. The Balaban J connectivity index is 1.50. The van der Waals surface area contributed by atoms with Crippen molar-refractivity contribution >= 4 is 0 Å². The van der Waals surface area contributed by atoms with E-state index in [2.05, 4.69) is 20.5 Å². The number of rotatable bonds is 5. The minimum absolute atomic E-state index is 0.199. The Bertz CT molecular complexity index is 542. The van der Waals surface area contributed by atoms with E-state index in [1.807, 2.05) is 6.07 Å². The maximum absolute atomic E-state index is 9.39. The molecule has 0 amide bonds. The van der Waals surface area contributed by atoms with Crippen LogP contribution in [-0.4, -0.2) is 33.4 Å². The summed E-state index contributed by atoms with van der Waals surface area (Å²) in [6, 6.07) is 5.46. The first-order valence-corrected chi connectivity index (χ1v) is 6.36. The lowest BCUT2D eigenvalue weighted by atomic mass is 10.1. The van der Waals surface area contributed by atoms with Crippen molar-refractivity contribution in [1.82, 2.24) is 20.5 Å². The van der Waals surface area contributed by atoms with Crippen molar-refractivity contribution in [3.63, 3.8) is 0 Å². The van der Waals surface area contributed by atoms with Gasteiger partial charge in [0, 0.05) is 18.1 Å². The van der Waals surface area contributed by atoms with Gasteiger partial charge >= 0.3 is 0 Å². The molecule has 2 heterocycles. The van der Waals surface area contributed by atoms with Crippen molar-refractivity contribution in [2.45, 2.75) is 18.9 Å². The molecule has 1 atom stereocenters. The van der Waals surface area contributed by atoms with Gasteiger partial charge in [-0.05, 0) is 25.1 Å². The highest BCUT2D eigenvalue weighted by Gasteiger charge is 2.23. The van der Waals surface area contributed by atoms with E-state index in [0.29, 0.717) is 6.61 Å². The number of hydrogen-bond donors (Lipinski definition) is 3. The number of aromatic hydroxyl groups is 1. The zero-order valence-electron chi connectivity index (χ0n) is 10.5. The molecule has 3 rings (SSSR count). The molecule has 100 valence electrons. The average molecular weight is 260 g/mol. The van der Waals surface area contributed by atoms with Crippen LogP contribution in [0.2, 0.25) is 0 Å². The van der Waals surface area contributed by atoms with E-state index in [9.17, 15) is 5.11 Å². The molecule has 6 heteroatoms. The largest absolute Gasteiger partial charge is 0.508 e. The van der Waals surface area contributed by atoms with Gasteiger partial charge in [0.25, 0.3) is 0 Å². The fraction of sp³-hybridized carbons (Fsp3) is 0.385. The summed E-state index contributed by atoms with van der Waals surface area (Å²) >= 11 is 0. The number of nitrogens with zero attached hydrogens (tertiary/aromatic N) is 2. The lowest BCUT2D eigenvalue weighted by Gasteiger charge is -2.10. The van der Waals surface area contributed by atoms with Crippen LogP contribution in [0.4, 0.5) is 0 Å². The molecular formula is C13H16N4O2. The molecule has 0 saturated carbocycles. The number of phenols is 1. The first kappa shape index (κ1) is 12.0. The fourth-order valence-electron chi connectivity index (χ4n) is 2.25. The number of fused-ring (bicyclic) bond motifs is 1. The van der Waals surface area contributed by atoms with Crippen molar-refractivity contribution in [3.8, 4) is 11.5 Å². The van der Waals surface area contributed by atoms with E-state index >= 15 is 0 Å². The predicted octanol–water partition coefficient (Wildman–Crippen LogP) is 1.17. The molecule has 1 unspecified atom stereocenters. The number of ether oxygens (including phenoxy) is 1. The molecule has 0 spiro atoms. The summed E-state index contributed by atoms with van der Waals surface area (Å²) in [6.45, 7) is 1.50. The van der Waals surface area contributed by atoms with Crippen LogP contribution in [0.25, 0.3) is 0 Å². The van der Waals surface area contributed by atoms with E-state index in [4.69, 9.17) is 4.74 Å². The fourth-order valence-corrected chi connectivity index (χ4v) is 2.25. The minimum atomic E-state index is 0.199. The average Bonchev–Trinajstić information content (AvgIpc) is 3.03. The van der Waals surface area contributed by atoms with E-state index in [0.717, 1.165) is 36.5 Å². The zero-order chi connectivity index (χ0) is 13.1. The van der Waals surface area contributed by atoms with Gasteiger partial charge in [0.05, 0.1) is 6.04 Å². The van der Waals surface area contributed by atoms with Crippen molar-refractivity contribution in [2.75, 3.05) is 13.2 Å². The number of nitrogens with one attached hydrogen (secondary N) is 2. The summed E-state index contributed by atoms with van der Waals surface area (Å²) in [5.74, 6) is 1.92. The molecular weight excluding hydrogens is 244 g/mol. The van der Waals surface area contributed by atoms with Crippen LogP contribution in [0.3, 0.4) is 0 Å². The lowest BCUT2D eigenvalue weighted by Crippen LogP contribution is -2.23. The molecule has 0 radical (unpaired) electrons. The molecule has 2 aromatic rings. The first-order valence-electron chi connectivity index (χ1n) is 6.36. The van der Waals surface area contributed by atoms with Crippen LogP contribution in [-0.2, 0) is 6.42 Å². The van der Waals surface area contributed by atoms with Crippen molar-refractivity contribution in [1.29, 1.82) is 0 Å². The number of aryl methyl sites for hydroxylation is 1. The zero-order valence-corrected chi connectivity index (χ0v) is 10.5. The second-order valence-corrected chi connectivity index (χ2v) is 4.58. The third-order valence-electron chi connectivity index (χ3n) is 3.22. The van der Waals surface area contributed by atoms with Gasteiger partial charge in [-0.15, -0.1) is 0 Å². The molecule has 1 aromatic carbocycles. The Labute approximate surface area is 110 Å². The van der Waals surface area contributed by atoms with E-state index in [1.165, 1.54) is 6.33 Å². The van der Waals surface area contributed by atoms with Crippen LogP contribution in [0, 0.1) is 0 Å². The number of hydrogen-bond acceptors (Lipinski definition) is 5. The second-order valence-electron chi connectivity index (χ2n) is 4.58. The standard InChI is InChI=1S/C13H16N4O2/c18-9-3-4-10-11(7-19-12(10)6-9)14-5-1-2-13-15-8-16-17-13/h3-4,6,8,11,14,18H,1-2,5,7H2,(H,15,16,17). The molecule has 1 aromatic heterocycles.